The summed E-state index contributed by atoms with van der Waals surface area (Å²) in [6.07, 6.45) is 0. The van der Waals surface area contributed by atoms with Gasteiger partial charge in [-0.3, -0.25) is 4.79 Å². The standard InChI is InChI=1S/C12H17N3O5S/c1-2-20-12(17)10(13)11(16)15-7-8-3-5-9(6-4-8)21(14,18)19/h3-6,10H,2,7,13H2,1H3,(H,15,16)(H2,14,18,19). The predicted molar refractivity (Wildman–Crippen MR) is 74.3 cm³/mol. The van der Waals surface area contributed by atoms with Crippen molar-refractivity contribution in [3.63, 3.8) is 0 Å². The third kappa shape index (κ3) is 5.14. The number of carbonyl (C=O) groups is 2. The fourth-order valence-electron chi connectivity index (χ4n) is 1.44. The molecule has 5 N–H and O–H groups in total. The van der Waals surface area contributed by atoms with Gasteiger partial charge in [0.05, 0.1) is 11.5 Å². The first kappa shape index (κ1) is 17.1. The summed E-state index contributed by atoms with van der Waals surface area (Å²) in [5, 5.41) is 7.42. The predicted octanol–water partition coefficient (Wildman–Crippen LogP) is -1.16. The van der Waals surface area contributed by atoms with Crippen LogP contribution in [-0.2, 0) is 30.9 Å². The Hall–Kier alpha value is -1.97. The molecule has 0 saturated heterocycles. The fourth-order valence-corrected chi connectivity index (χ4v) is 1.95. The third-order valence-corrected chi connectivity index (χ3v) is 3.47. The van der Waals surface area contributed by atoms with Gasteiger partial charge in [-0.15, -0.1) is 0 Å². The number of hydrogen-bond acceptors (Lipinski definition) is 6. The van der Waals surface area contributed by atoms with Crippen LogP contribution in [0.2, 0.25) is 0 Å². The zero-order valence-corrected chi connectivity index (χ0v) is 12.2. The molecule has 1 aromatic rings. The molecule has 0 fully saturated rings. The molecular formula is C12H17N3O5S. The average Bonchev–Trinajstić information content (AvgIpc) is 2.43. The van der Waals surface area contributed by atoms with E-state index in [1.807, 2.05) is 0 Å². The summed E-state index contributed by atoms with van der Waals surface area (Å²) in [5.74, 6) is -1.48. The molecule has 1 amide bonds. The zero-order chi connectivity index (χ0) is 16.0. The number of rotatable bonds is 6. The summed E-state index contributed by atoms with van der Waals surface area (Å²) < 4.78 is 26.8. The van der Waals surface area contributed by atoms with Crippen LogP contribution in [0.15, 0.2) is 29.2 Å². The first-order chi connectivity index (χ1) is 9.75. The van der Waals surface area contributed by atoms with E-state index in [1.54, 1.807) is 6.92 Å². The summed E-state index contributed by atoms with van der Waals surface area (Å²) in [4.78, 5) is 22.8. The van der Waals surface area contributed by atoms with Gasteiger partial charge in [0.2, 0.25) is 15.9 Å². The van der Waals surface area contributed by atoms with E-state index in [0.717, 1.165) is 0 Å². The second-order valence-corrected chi connectivity index (χ2v) is 5.70. The Bertz CT molecular complexity index is 612. The number of amides is 1. The highest BCUT2D eigenvalue weighted by Crippen LogP contribution is 2.08. The number of nitrogens with one attached hydrogen (secondary N) is 1. The Morgan fingerprint density at radius 1 is 1.29 bits per heavy atom. The Morgan fingerprint density at radius 3 is 2.33 bits per heavy atom. The van der Waals surface area contributed by atoms with Crippen molar-refractivity contribution in [2.24, 2.45) is 10.9 Å². The Morgan fingerprint density at radius 2 is 1.86 bits per heavy atom. The lowest BCUT2D eigenvalue weighted by molar-refractivity contribution is -0.148. The molecular weight excluding hydrogens is 298 g/mol. The average molecular weight is 315 g/mol. The van der Waals surface area contributed by atoms with E-state index in [4.69, 9.17) is 10.9 Å². The van der Waals surface area contributed by atoms with Crippen molar-refractivity contribution in [2.45, 2.75) is 24.4 Å². The van der Waals surface area contributed by atoms with Gasteiger partial charge in [0.25, 0.3) is 0 Å². The molecule has 0 aromatic heterocycles. The first-order valence-electron chi connectivity index (χ1n) is 6.07. The molecule has 0 saturated carbocycles. The van der Waals surface area contributed by atoms with E-state index in [1.165, 1.54) is 24.3 Å². The highest BCUT2D eigenvalue weighted by atomic mass is 32.2. The van der Waals surface area contributed by atoms with Gasteiger partial charge in [0.15, 0.2) is 6.04 Å². The quantitative estimate of drug-likeness (QED) is 0.446. The van der Waals surface area contributed by atoms with Gasteiger partial charge < -0.3 is 15.8 Å². The molecule has 116 valence electrons. The van der Waals surface area contributed by atoms with E-state index >= 15 is 0 Å². The van der Waals surface area contributed by atoms with Crippen molar-refractivity contribution in [3.8, 4) is 0 Å². The lowest BCUT2D eigenvalue weighted by Crippen LogP contribution is -2.46. The monoisotopic (exact) mass is 315 g/mol. The van der Waals surface area contributed by atoms with E-state index < -0.39 is 27.9 Å². The van der Waals surface area contributed by atoms with Crippen LogP contribution in [0, 0.1) is 0 Å². The first-order valence-corrected chi connectivity index (χ1v) is 7.62. The largest absolute Gasteiger partial charge is 0.464 e. The molecule has 0 spiro atoms. The summed E-state index contributed by atoms with van der Waals surface area (Å²) >= 11 is 0. The summed E-state index contributed by atoms with van der Waals surface area (Å²) in [6.45, 7) is 1.83. The normalized spacial score (nSPS) is 12.5. The minimum absolute atomic E-state index is 0.0270. The van der Waals surface area contributed by atoms with Crippen LogP contribution in [0.3, 0.4) is 0 Å². The maximum Gasteiger partial charge on any atom is 0.332 e. The Kier molecular flexibility index (Phi) is 5.82. The maximum absolute atomic E-state index is 11.6. The highest BCUT2D eigenvalue weighted by Gasteiger charge is 2.22. The molecule has 8 nitrogen and oxygen atoms in total. The topological polar surface area (TPSA) is 142 Å². The van der Waals surface area contributed by atoms with Crippen LogP contribution in [0.1, 0.15) is 12.5 Å². The molecule has 1 rings (SSSR count). The molecule has 0 radical (unpaired) electrons. The van der Waals surface area contributed by atoms with Crippen LogP contribution in [0.5, 0.6) is 0 Å². The lowest BCUT2D eigenvalue weighted by Gasteiger charge is -2.11. The Labute approximate surface area is 122 Å². The molecule has 0 aliphatic rings. The number of hydrogen-bond donors (Lipinski definition) is 3. The van der Waals surface area contributed by atoms with Crippen LogP contribution in [0.25, 0.3) is 0 Å². The number of carbonyl (C=O) groups excluding carboxylic acids is 2. The number of sulfonamides is 1. The van der Waals surface area contributed by atoms with Crippen molar-refractivity contribution >= 4 is 21.9 Å². The van der Waals surface area contributed by atoms with Gasteiger partial charge in [0.1, 0.15) is 0 Å². The van der Waals surface area contributed by atoms with Gasteiger partial charge in [-0.05, 0) is 24.6 Å². The molecule has 0 bridgehead atoms. The highest BCUT2D eigenvalue weighted by molar-refractivity contribution is 7.89. The number of esters is 1. The van der Waals surface area contributed by atoms with E-state index in [9.17, 15) is 18.0 Å². The van der Waals surface area contributed by atoms with Crippen LogP contribution >= 0.6 is 0 Å². The van der Waals surface area contributed by atoms with E-state index in [-0.39, 0.29) is 18.0 Å². The van der Waals surface area contributed by atoms with Gasteiger partial charge >= 0.3 is 5.97 Å². The second-order valence-electron chi connectivity index (χ2n) is 4.14. The van der Waals surface area contributed by atoms with Crippen molar-refractivity contribution in [1.29, 1.82) is 0 Å². The van der Waals surface area contributed by atoms with Gasteiger partial charge in [-0.1, -0.05) is 12.1 Å². The summed E-state index contributed by atoms with van der Waals surface area (Å²) in [6, 6.07) is 4.24. The minimum atomic E-state index is -3.75. The van der Waals surface area contributed by atoms with E-state index in [0.29, 0.717) is 5.56 Å². The molecule has 0 aliphatic heterocycles. The van der Waals surface area contributed by atoms with E-state index in [2.05, 4.69) is 10.1 Å². The molecule has 1 unspecified atom stereocenters. The van der Waals surface area contributed by atoms with Crippen LogP contribution in [0.4, 0.5) is 0 Å². The third-order valence-electron chi connectivity index (χ3n) is 2.54. The van der Waals surface area contributed by atoms with Gasteiger partial charge in [-0.2, -0.15) is 0 Å². The minimum Gasteiger partial charge on any atom is -0.464 e. The van der Waals surface area contributed by atoms with Crippen molar-refractivity contribution in [2.75, 3.05) is 6.61 Å². The SMILES string of the molecule is CCOC(=O)C(N)C(=O)NCc1ccc(S(N)(=O)=O)cc1. The van der Waals surface area contributed by atoms with Gasteiger partial charge in [-0.25, -0.2) is 18.4 Å². The lowest BCUT2D eigenvalue weighted by atomic mass is 10.2. The van der Waals surface area contributed by atoms with Crippen molar-refractivity contribution in [1.82, 2.24) is 5.32 Å². The Balaban J connectivity index is 2.59. The maximum atomic E-state index is 11.6. The van der Waals surface area contributed by atoms with Crippen molar-refractivity contribution < 1.29 is 22.7 Å². The van der Waals surface area contributed by atoms with Crippen LogP contribution < -0.4 is 16.2 Å². The van der Waals surface area contributed by atoms with Crippen LogP contribution in [-0.4, -0.2) is 32.9 Å². The molecule has 1 aromatic carbocycles. The summed E-state index contributed by atoms with van der Waals surface area (Å²) in [5.41, 5.74) is 6.04. The molecule has 0 heterocycles. The smallest absolute Gasteiger partial charge is 0.332 e. The second kappa shape index (κ2) is 7.16. The fraction of sp³-hybridized carbons (Fsp3) is 0.333. The molecule has 21 heavy (non-hydrogen) atoms. The number of nitrogens with two attached hydrogens (primary N) is 2. The molecule has 0 aliphatic carbocycles. The molecule has 1 atom stereocenters. The van der Waals surface area contributed by atoms with Crippen molar-refractivity contribution in [3.05, 3.63) is 29.8 Å². The molecule has 9 heteroatoms. The van der Waals surface area contributed by atoms with Gasteiger partial charge in [0, 0.05) is 6.54 Å². The zero-order valence-electron chi connectivity index (χ0n) is 11.4. The number of primary sulfonamides is 1. The summed E-state index contributed by atoms with van der Waals surface area (Å²) in [7, 11) is -3.75. The number of benzene rings is 1. The number of ether oxygens (including phenoxy) is 1.